The number of carbonyl (C=O) groups is 1. The van der Waals surface area contributed by atoms with E-state index >= 15 is 0 Å². The summed E-state index contributed by atoms with van der Waals surface area (Å²) < 4.78 is 38.4. The van der Waals surface area contributed by atoms with Crippen LogP contribution in [0.3, 0.4) is 0 Å². The maximum atomic E-state index is 12.8. The number of primary amides is 1. The molecule has 1 aliphatic rings. The molecule has 0 radical (unpaired) electrons. The van der Waals surface area contributed by atoms with Gasteiger partial charge in [0.15, 0.2) is 0 Å². The van der Waals surface area contributed by atoms with Gasteiger partial charge >= 0.3 is 6.18 Å². The molecule has 1 aromatic rings. The van der Waals surface area contributed by atoms with E-state index in [4.69, 9.17) is 5.73 Å². The Bertz CT molecular complexity index is 473. The molecule has 6 heteroatoms. The lowest BCUT2D eigenvalue weighted by Crippen LogP contribution is -2.40. The topological polar surface area (TPSA) is 46.3 Å². The summed E-state index contributed by atoms with van der Waals surface area (Å²) in [7, 11) is 0. The lowest BCUT2D eigenvalue weighted by molar-refractivity contribution is -0.177. The summed E-state index contributed by atoms with van der Waals surface area (Å²) in [5, 5.41) is 0. The molecule has 2 N–H and O–H groups in total. The molecule has 19 heavy (non-hydrogen) atoms. The fraction of sp³-hybridized carbons (Fsp3) is 0.462. The van der Waals surface area contributed by atoms with Crippen LogP contribution in [0.1, 0.15) is 28.8 Å². The first-order valence-corrected chi connectivity index (χ1v) is 6.07. The van der Waals surface area contributed by atoms with Gasteiger partial charge < -0.3 is 5.73 Å². The van der Waals surface area contributed by atoms with Crippen molar-refractivity contribution in [2.45, 2.75) is 31.6 Å². The van der Waals surface area contributed by atoms with E-state index in [2.05, 4.69) is 0 Å². The van der Waals surface area contributed by atoms with Gasteiger partial charge in [-0.05, 0) is 37.1 Å². The number of benzene rings is 1. The Kier molecular flexibility index (Phi) is 3.80. The van der Waals surface area contributed by atoms with Crippen LogP contribution in [0.2, 0.25) is 0 Å². The van der Waals surface area contributed by atoms with E-state index < -0.39 is 18.1 Å². The van der Waals surface area contributed by atoms with Crippen LogP contribution in [0, 0.1) is 0 Å². The third-order valence-corrected chi connectivity index (χ3v) is 3.34. The van der Waals surface area contributed by atoms with Crippen molar-refractivity contribution in [2.24, 2.45) is 5.73 Å². The van der Waals surface area contributed by atoms with Crippen molar-refractivity contribution in [2.75, 3.05) is 6.54 Å². The van der Waals surface area contributed by atoms with E-state index in [0.29, 0.717) is 24.1 Å². The molecule has 1 saturated heterocycles. The van der Waals surface area contributed by atoms with Gasteiger partial charge in [-0.2, -0.15) is 13.2 Å². The number of nitrogens with two attached hydrogens (primary N) is 1. The molecular formula is C13H15F3N2O. The molecule has 1 fully saturated rings. The van der Waals surface area contributed by atoms with Crippen LogP contribution in [-0.4, -0.2) is 29.6 Å². The summed E-state index contributed by atoms with van der Waals surface area (Å²) in [6.45, 7) is 0.607. The number of halogens is 3. The number of rotatable bonds is 3. The SMILES string of the molecule is NC(=O)c1cccc(CN2CCCC2C(F)(F)F)c1. The van der Waals surface area contributed by atoms with Crippen LogP contribution in [0.5, 0.6) is 0 Å². The third-order valence-electron chi connectivity index (χ3n) is 3.34. The Morgan fingerprint density at radius 1 is 1.42 bits per heavy atom. The van der Waals surface area contributed by atoms with Gasteiger partial charge in [-0.1, -0.05) is 12.1 Å². The summed E-state index contributed by atoms with van der Waals surface area (Å²) in [5.41, 5.74) is 6.15. The van der Waals surface area contributed by atoms with Crippen LogP contribution >= 0.6 is 0 Å². The van der Waals surface area contributed by atoms with E-state index in [1.165, 1.54) is 4.90 Å². The minimum atomic E-state index is -4.20. The van der Waals surface area contributed by atoms with E-state index in [-0.39, 0.29) is 13.0 Å². The van der Waals surface area contributed by atoms with Gasteiger partial charge in [0.25, 0.3) is 0 Å². The van der Waals surface area contributed by atoms with Crippen LogP contribution in [-0.2, 0) is 6.54 Å². The minimum absolute atomic E-state index is 0.138. The highest BCUT2D eigenvalue weighted by Gasteiger charge is 2.45. The molecule has 0 saturated carbocycles. The first kappa shape index (κ1) is 13.9. The molecule has 1 atom stereocenters. The monoisotopic (exact) mass is 272 g/mol. The van der Waals surface area contributed by atoms with Crippen molar-refractivity contribution in [1.82, 2.24) is 4.90 Å². The molecule has 2 rings (SSSR count). The molecule has 3 nitrogen and oxygen atoms in total. The highest BCUT2D eigenvalue weighted by Crippen LogP contribution is 2.33. The number of hydrogen-bond donors (Lipinski definition) is 1. The normalized spacial score (nSPS) is 20.7. The second-order valence-corrected chi connectivity index (χ2v) is 4.73. The van der Waals surface area contributed by atoms with Gasteiger partial charge in [-0.3, -0.25) is 9.69 Å². The van der Waals surface area contributed by atoms with Crippen LogP contribution in [0.4, 0.5) is 13.2 Å². The maximum Gasteiger partial charge on any atom is 0.404 e. The van der Waals surface area contributed by atoms with Gasteiger partial charge in [-0.15, -0.1) is 0 Å². The summed E-state index contributed by atoms with van der Waals surface area (Å²) in [6, 6.07) is 5.06. The van der Waals surface area contributed by atoms with Crippen LogP contribution in [0.15, 0.2) is 24.3 Å². The number of carbonyl (C=O) groups excluding carboxylic acids is 1. The van der Waals surface area contributed by atoms with E-state index in [1.807, 2.05) is 0 Å². The Balaban J connectivity index is 2.12. The molecule has 0 aliphatic carbocycles. The zero-order chi connectivity index (χ0) is 14.0. The van der Waals surface area contributed by atoms with Crippen LogP contribution < -0.4 is 5.73 Å². The standard InChI is InChI=1S/C13H15F3N2O/c14-13(15,16)11-5-2-6-18(11)8-9-3-1-4-10(7-9)12(17)19/h1,3-4,7,11H,2,5-6,8H2,(H2,17,19). The quantitative estimate of drug-likeness (QED) is 0.917. The molecular weight excluding hydrogens is 257 g/mol. The molecule has 0 bridgehead atoms. The van der Waals surface area contributed by atoms with Gasteiger partial charge in [0.2, 0.25) is 5.91 Å². The maximum absolute atomic E-state index is 12.8. The zero-order valence-corrected chi connectivity index (χ0v) is 10.3. The van der Waals surface area contributed by atoms with Gasteiger partial charge in [0, 0.05) is 12.1 Å². The highest BCUT2D eigenvalue weighted by atomic mass is 19.4. The fourth-order valence-corrected chi connectivity index (χ4v) is 2.44. The van der Waals surface area contributed by atoms with E-state index in [0.717, 1.165) is 0 Å². The van der Waals surface area contributed by atoms with E-state index in [9.17, 15) is 18.0 Å². The van der Waals surface area contributed by atoms with Crippen molar-refractivity contribution >= 4 is 5.91 Å². The lowest BCUT2D eigenvalue weighted by Gasteiger charge is -2.26. The molecule has 1 unspecified atom stereocenters. The Hall–Kier alpha value is -1.56. The smallest absolute Gasteiger partial charge is 0.366 e. The lowest BCUT2D eigenvalue weighted by atomic mass is 10.1. The number of hydrogen-bond acceptors (Lipinski definition) is 2. The van der Waals surface area contributed by atoms with E-state index in [1.54, 1.807) is 24.3 Å². The van der Waals surface area contributed by atoms with Gasteiger partial charge in [0.1, 0.15) is 6.04 Å². The Morgan fingerprint density at radius 2 is 2.16 bits per heavy atom. The molecule has 1 heterocycles. The zero-order valence-electron chi connectivity index (χ0n) is 10.3. The average molecular weight is 272 g/mol. The Labute approximate surface area is 109 Å². The number of amides is 1. The average Bonchev–Trinajstić information content (AvgIpc) is 2.77. The minimum Gasteiger partial charge on any atom is -0.366 e. The molecule has 0 aromatic heterocycles. The fourth-order valence-electron chi connectivity index (χ4n) is 2.44. The predicted octanol–water partition coefficient (Wildman–Crippen LogP) is 2.31. The summed E-state index contributed by atoms with van der Waals surface area (Å²) in [5.74, 6) is -0.573. The van der Waals surface area contributed by atoms with Crippen LogP contribution in [0.25, 0.3) is 0 Å². The second kappa shape index (κ2) is 5.21. The van der Waals surface area contributed by atoms with Gasteiger partial charge in [0.05, 0.1) is 0 Å². The molecule has 104 valence electrons. The van der Waals surface area contributed by atoms with Crippen molar-refractivity contribution in [3.63, 3.8) is 0 Å². The highest BCUT2D eigenvalue weighted by molar-refractivity contribution is 5.92. The largest absolute Gasteiger partial charge is 0.404 e. The van der Waals surface area contributed by atoms with Crippen molar-refractivity contribution in [3.05, 3.63) is 35.4 Å². The predicted molar refractivity (Wildman–Crippen MR) is 64.4 cm³/mol. The molecule has 0 spiro atoms. The molecule has 1 aliphatic heterocycles. The van der Waals surface area contributed by atoms with Gasteiger partial charge in [-0.25, -0.2) is 0 Å². The number of nitrogens with zero attached hydrogens (tertiary/aromatic N) is 1. The Morgan fingerprint density at radius 3 is 2.79 bits per heavy atom. The molecule has 1 aromatic carbocycles. The molecule has 1 amide bonds. The van der Waals surface area contributed by atoms with Crippen molar-refractivity contribution in [3.8, 4) is 0 Å². The number of alkyl halides is 3. The summed E-state index contributed by atoms with van der Waals surface area (Å²) >= 11 is 0. The number of likely N-dealkylation sites (tertiary alicyclic amines) is 1. The third kappa shape index (κ3) is 3.26. The van der Waals surface area contributed by atoms with Crippen molar-refractivity contribution < 1.29 is 18.0 Å². The summed E-state index contributed by atoms with van der Waals surface area (Å²) in [4.78, 5) is 12.4. The van der Waals surface area contributed by atoms with Crippen molar-refractivity contribution in [1.29, 1.82) is 0 Å². The summed E-state index contributed by atoms with van der Waals surface area (Å²) in [6.07, 6.45) is -3.52. The first-order valence-electron chi connectivity index (χ1n) is 6.07. The first-order chi connectivity index (χ1) is 8.88. The second-order valence-electron chi connectivity index (χ2n) is 4.73.